The van der Waals surface area contributed by atoms with Crippen LogP contribution in [0.2, 0.25) is 0 Å². The van der Waals surface area contributed by atoms with Gasteiger partial charge in [-0.15, -0.1) is 11.3 Å². The lowest BCUT2D eigenvalue weighted by Gasteiger charge is -2.24. The number of rotatable bonds is 7. The molecule has 0 aromatic carbocycles. The van der Waals surface area contributed by atoms with E-state index in [-0.39, 0.29) is 0 Å². The quantitative estimate of drug-likeness (QED) is 0.848. The van der Waals surface area contributed by atoms with Gasteiger partial charge < -0.3 is 15.1 Å². The molecular formula is C16H27N5S. The third-order valence-electron chi connectivity index (χ3n) is 3.87. The Morgan fingerprint density at radius 2 is 2.05 bits per heavy atom. The fraction of sp³-hybridized carbons (Fsp3) is 0.562. The van der Waals surface area contributed by atoms with E-state index in [2.05, 4.69) is 72.8 Å². The molecule has 0 bridgehead atoms. The maximum Gasteiger partial charge on any atom is 0.130 e. The average Bonchev–Trinajstić information content (AvgIpc) is 3.02. The van der Waals surface area contributed by atoms with Crippen molar-refractivity contribution in [2.45, 2.75) is 19.5 Å². The number of anilines is 1. The van der Waals surface area contributed by atoms with Crippen molar-refractivity contribution in [1.29, 1.82) is 0 Å². The van der Waals surface area contributed by atoms with Gasteiger partial charge in [0.1, 0.15) is 5.82 Å². The maximum absolute atomic E-state index is 4.54. The lowest BCUT2D eigenvalue weighted by Crippen LogP contribution is -2.30. The van der Waals surface area contributed by atoms with Gasteiger partial charge >= 0.3 is 0 Å². The summed E-state index contributed by atoms with van der Waals surface area (Å²) >= 11 is 1.81. The smallest absolute Gasteiger partial charge is 0.130 e. The van der Waals surface area contributed by atoms with Crippen LogP contribution >= 0.6 is 11.3 Å². The van der Waals surface area contributed by atoms with E-state index in [1.54, 1.807) is 0 Å². The third-order valence-corrected chi connectivity index (χ3v) is 4.84. The second-order valence-corrected chi connectivity index (χ2v) is 7.01. The van der Waals surface area contributed by atoms with Crippen LogP contribution in [0.1, 0.15) is 22.2 Å². The number of nitrogens with zero attached hydrogens (tertiary/aromatic N) is 4. The Hall–Kier alpha value is -1.37. The summed E-state index contributed by atoms with van der Waals surface area (Å²) in [5.74, 6) is 1.17. The van der Waals surface area contributed by atoms with Crippen molar-refractivity contribution in [3.05, 3.63) is 33.6 Å². The van der Waals surface area contributed by atoms with Crippen LogP contribution in [0.5, 0.6) is 0 Å². The molecule has 1 N–H and O–H groups in total. The summed E-state index contributed by atoms with van der Waals surface area (Å²) in [6.45, 7) is 3.84. The van der Waals surface area contributed by atoms with Crippen molar-refractivity contribution in [3.63, 3.8) is 0 Å². The first-order valence-electron chi connectivity index (χ1n) is 7.52. The highest BCUT2D eigenvalue weighted by Crippen LogP contribution is 2.24. The molecule has 2 rings (SSSR count). The molecule has 0 saturated heterocycles. The zero-order valence-corrected chi connectivity index (χ0v) is 15.2. The Kier molecular flexibility index (Phi) is 5.61. The fourth-order valence-electron chi connectivity index (χ4n) is 2.81. The molecule has 0 aliphatic carbocycles. The van der Waals surface area contributed by atoms with Gasteiger partial charge in [-0.05, 0) is 32.5 Å². The molecule has 1 atom stereocenters. The maximum atomic E-state index is 4.54. The van der Waals surface area contributed by atoms with E-state index < -0.39 is 0 Å². The van der Waals surface area contributed by atoms with Gasteiger partial charge in [-0.25, -0.2) is 0 Å². The van der Waals surface area contributed by atoms with Crippen molar-refractivity contribution in [2.75, 3.05) is 39.6 Å². The number of aryl methyl sites for hydroxylation is 2. The number of hydrogen-bond donors (Lipinski definition) is 1. The first kappa shape index (κ1) is 17.0. The Morgan fingerprint density at radius 3 is 2.59 bits per heavy atom. The minimum Gasteiger partial charge on any atom is -0.363 e. The van der Waals surface area contributed by atoms with E-state index in [1.807, 2.05) is 23.1 Å². The molecule has 0 aliphatic heterocycles. The van der Waals surface area contributed by atoms with E-state index in [9.17, 15) is 0 Å². The lowest BCUT2D eigenvalue weighted by atomic mass is 10.2. The topological polar surface area (TPSA) is 36.3 Å². The minimum absolute atomic E-state index is 0.403. The van der Waals surface area contributed by atoms with E-state index in [0.29, 0.717) is 6.04 Å². The van der Waals surface area contributed by atoms with Crippen molar-refractivity contribution >= 4 is 17.2 Å². The van der Waals surface area contributed by atoms with Gasteiger partial charge in [0.25, 0.3) is 0 Å². The van der Waals surface area contributed by atoms with Crippen LogP contribution in [0, 0.1) is 6.92 Å². The third kappa shape index (κ3) is 3.69. The van der Waals surface area contributed by atoms with Crippen LogP contribution in [0.3, 0.4) is 0 Å². The summed E-state index contributed by atoms with van der Waals surface area (Å²) < 4.78 is 1.95. The number of aromatic nitrogens is 2. The molecule has 122 valence electrons. The SMILES string of the molecule is Cc1nn(C)c(N(C)C)c1CNC[C@H](c1cccs1)N(C)C. The summed E-state index contributed by atoms with van der Waals surface area (Å²) in [6.07, 6.45) is 0. The van der Waals surface area contributed by atoms with E-state index in [4.69, 9.17) is 0 Å². The molecule has 0 unspecified atom stereocenters. The van der Waals surface area contributed by atoms with Crippen LogP contribution in [0.4, 0.5) is 5.82 Å². The van der Waals surface area contributed by atoms with Crippen molar-refractivity contribution in [1.82, 2.24) is 20.0 Å². The van der Waals surface area contributed by atoms with Crippen molar-refractivity contribution in [3.8, 4) is 0 Å². The molecule has 0 spiro atoms. The summed E-state index contributed by atoms with van der Waals surface area (Å²) in [5.41, 5.74) is 2.37. The molecule has 0 radical (unpaired) electrons. The zero-order valence-electron chi connectivity index (χ0n) is 14.4. The monoisotopic (exact) mass is 321 g/mol. The molecule has 0 amide bonds. The standard InChI is InChI=1S/C16H27N5S/c1-12-13(16(20(4)5)21(6)18-12)10-17-11-14(19(2)3)15-8-7-9-22-15/h7-9,14,17H,10-11H2,1-6H3/t14-/m1/s1. The second kappa shape index (κ2) is 7.26. The number of hydrogen-bond acceptors (Lipinski definition) is 5. The predicted molar refractivity (Wildman–Crippen MR) is 94.7 cm³/mol. The number of nitrogens with one attached hydrogen (secondary N) is 1. The number of likely N-dealkylation sites (N-methyl/N-ethyl adjacent to an activating group) is 1. The van der Waals surface area contributed by atoms with Gasteiger partial charge in [-0.1, -0.05) is 6.07 Å². The normalized spacial score (nSPS) is 12.9. The Bertz CT molecular complexity index is 586. The first-order chi connectivity index (χ1) is 10.4. The predicted octanol–water partition coefficient (Wildman–Crippen LogP) is 2.25. The molecule has 2 heterocycles. The van der Waals surface area contributed by atoms with E-state index in [0.717, 1.165) is 18.8 Å². The van der Waals surface area contributed by atoms with Crippen LogP contribution in [0.15, 0.2) is 17.5 Å². The highest BCUT2D eigenvalue weighted by atomic mass is 32.1. The first-order valence-corrected chi connectivity index (χ1v) is 8.40. The van der Waals surface area contributed by atoms with Gasteiger partial charge in [-0.2, -0.15) is 5.10 Å². The average molecular weight is 321 g/mol. The fourth-order valence-corrected chi connectivity index (χ4v) is 3.73. The molecule has 22 heavy (non-hydrogen) atoms. The second-order valence-electron chi connectivity index (χ2n) is 6.03. The van der Waals surface area contributed by atoms with Crippen LogP contribution in [0.25, 0.3) is 0 Å². The van der Waals surface area contributed by atoms with E-state index >= 15 is 0 Å². The Balaban J connectivity index is 2.04. The van der Waals surface area contributed by atoms with Gasteiger partial charge in [0.2, 0.25) is 0 Å². The molecule has 0 aliphatic rings. The van der Waals surface area contributed by atoms with Crippen molar-refractivity contribution < 1.29 is 0 Å². The summed E-state index contributed by atoms with van der Waals surface area (Å²) in [7, 11) is 10.4. The summed E-state index contributed by atoms with van der Waals surface area (Å²) in [5, 5.41) is 10.3. The largest absolute Gasteiger partial charge is 0.363 e. The van der Waals surface area contributed by atoms with Crippen LogP contribution in [-0.4, -0.2) is 49.4 Å². The summed E-state index contributed by atoms with van der Waals surface area (Å²) in [4.78, 5) is 5.79. The minimum atomic E-state index is 0.403. The van der Waals surface area contributed by atoms with Gasteiger partial charge in [0, 0.05) is 44.7 Å². The van der Waals surface area contributed by atoms with Gasteiger partial charge in [-0.3, -0.25) is 4.68 Å². The molecule has 2 aromatic heterocycles. The molecule has 5 nitrogen and oxygen atoms in total. The molecular weight excluding hydrogens is 294 g/mol. The molecule has 2 aromatic rings. The zero-order chi connectivity index (χ0) is 16.3. The van der Waals surface area contributed by atoms with Gasteiger partial charge in [0.05, 0.1) is 11.7 Å². The molecule has 0 saturated carbocycles. The van der Waals surface area contributed by atoms with Crippen LogP contribution in [-0.2, 0) is 13.6 Å². The number of thiophene rings is 1. The Labute approximate surface area is 137 Å². The van der Waals surface area contributed by atoms with E-state index in [1.165, 1.54) is 16.3 Å². The molecule has 6 heteroatoms. The summed E-state index contributed by atoms with van der Waals surface area (Å²) in [6, 6.07) is 4.73. The highest BCUT2D eigenvalue weighted by molar-refractivity contribution is 7.10. The Morgan fingerprint density at radius 1 is 1.32 bits per heavy atom. The molecule has 0 fully saturated rings. The van der Waals surface area contributed by atoms with Crippen LogP contribution < -0.4 is 10.2 Å². The highest BCUT2D eigenvalue weighted by Gasteiger charge is 2.17. The lowest BCUT2D eigenvalue weighted by molar-refractivity contribution is 0.292. The van der Waals surface area contributed by atoms with Gasteiger partial charge in [0.15, 0.2) is 0 Å². The van der Waals surface area contributed by atoms with Crippen molar-refractivity contribution in [2.24, 2.45) is 7.05 Å².